The highest BCUT2D eigenvalue weighted by Crippen LogP contribution is 2.14. The van der Waals surface area contributed by atoms with Gasteiger partial charge in [-0.15, -0.1) is 11.8 Å². The van der Waals surface area contributed by atoms with Crippen molar-refractivity contribution in [3.63, 3.8) is 0 Å². The van der Waals surface area contributed by atoms with Gasteiger partial charge < -0.3 is 14.4 Å². The minimum atomic E-state index is -0.589. The molecule has 1 fully saturated rings. The number of nitrogens with zero attached hydrogens (tertiary/aromatic N) is 1. The van der Waals surface area contributed by atoms with E-state index in [0.29, 0.717) is 24.2 Å². The third-order valence-electron chi connectivity index (χ3n) is 2.46. The van der Waals surface area contributed by atoms with Crippen molar-refractivity contribution in [2.75, 3.05) is 32.6 Å². The summed E-state index contributed by atoms with van der Waals surface area (Å²) in [7, 11) is 1.32. The van der Waals surface area contributed by atoms with E-state index in [4.69, 9.17) is 4.74 Å². The number of thioether (sulfide) groups is 1. The van der Waals surface area contributed by atoms with Crippen LogP contribution in [0.15, 0.2) is 0 Å². The number of amides is 1. The second-order valence-electron chi connectivity index (χ2n) is 4.06. The molecule has 0 aromatic rings. The summed E-state index contributed by atoms with van der Waals surface area (Å²) in [5.41, 5.74) is 0. The highest BCUT2D eigenvalue weighted by Gasteiger charge is 2.33. The van der Waals surface area contributed by atoms with Crippen molar-refractivity contribution in [2.24, 2.45) is 0 Å². The highest BCUT2D eigenvalue weighted by molar-refractivity contribution is 8.00. The maximum atomic E-state index is 12.0. The molecule has 1 aliphatic heterocycles. The van der Waals surface area contributed by atoms with E-state index in [1.54, 1.807) is 16.7 Å². The van der Waals surface area contributed by atoms with E-state index in [0.717, 1.165) is 0 Å². The molecule has 98 valence electrons. The Morgan fingerprint density at radius 1 is 1.53 bits per heavy atom. The molecular weight excluding hydrogens is 242 g/mol. The van der Waals surface area contributed by atoms with Crippen LogP contribution in [-0.4, -0.2) is 60.7 Å². The SMILES string of the molecule is COC(=O)C1COCCN1C(=O)CSC(C)C. The average Bonchev–Trinajstić information content (AvgIpc) is 2.34. The van der Waals surface area contributed by atoms with E-state index in [1.165, 1.54) is 7.11 Å². The van der Waals surface area contributed by atoms with Crippen LogP contribution in [0.25, 0.3) is 0 Å². The van der Waals surface area contributed by atoms with Crippen LogP contribution in [0.4, 0.5) is 0 Å². The van der Waals surface area contributed by atoms with Crippen molar-refractivity contribution in [3.8, 4) is 0 Å². The van der Waals surface area contributed by atoms with Gasteiger partial charge in [0.25, 0.3) is 0 Å². The zero-order chi connectivity index (χ0) is 12.8. The highest BCUT2D eigenvalue weighted by atomic mass is 32.2. The van der Waals surface area contributed by atoms with Gasteiger partial charge in [-0.3, -0.25) is 4.79 Å². The Kier molecular flexibility index (Phi) is 5.77. The van der Waals surface area contributed by atoms with Gasteiger partial charge in [-0.25, -0.2) is 4.79 Å². The second-order valence-corrected chi connectivity index (χ2v) is 5.63. The Hall–Kier alpha value is -0.750. The molecule has 0 saturated carbocycles. The topological polar surface area (TPSA) is 55.8 Å². The van der Waals surface area contributed by atoms with E-state index in [1.807, 2.05) is 13.8 Å². The normalized spacial score (nSPS) is 20.5. The Balaban J connectivity index is 2.58. The third-order valence-corrected chi connectivity index (χ3v) is 3.54. The van der Waals surface area contributed by atoms with Gasteiger partial charge >= 0.3 is 5.97 Å². The predicted octanol–water partition coefficient (Wildman–Crippen LogP) is 0.528. The molecule has 1 heterocycles. The number of ether oxygens (including phenoxy) is 2. The number of hydrogen-bond donors (Lipinski definition) is 0. The van der Waals surface area contributed by atoms with Gasteiger partial charge in [0.15, 0.2) is 6.04 Å². The van der Waals surface area contributed by atoms with Gasteiger partial charge in [-0.1, -0.05) is 13.8 Å². The minimum Gasteiger partial charge on any atom is -0.467 e. The van der Waals surface area contributed by atoms with Crippen molar-refractivity contribution in [2.45, 2.75) is 25.1 Å². The van der Waals surface area contributed by atoms with Gasteiger partial charge in [0.1, 0.15) is 0 Å². The first-order valence-corrected chi connectivity index (χ1v) is 6.67. The van der Waals surface area contributed by atoms with Gasteiger partial charge in [-0.05, 0) is 5.25 Å². The average molecular weight is 261 g/mol. The monoisotopic (exact) mass is 261 g/mol. The van der Waals surface area contributed by atoms with Crippen molar-refractivity contribution >= 4 is 23.6 Å². The van der Waals surface area contributed by atoms with Gasteiger partial charge in [0, 0.05) is 6.54 Å². The van der Waals surface area contributed by atoms with Gasteiger partial charge in [0.2, 0.25) is 5.91 Å². The molecule has 0 spiro atoms. The molecular formula is C11H19NO4S. The van der Waals surface area contributed by atoms with E-state index >= 15 is 0 Å². The van der Waals surface area contributed by atoms with Crippen LogP contribution < -0.4 is 0 Å². The Morgan fingerprint density at radius 3 is 2.82 bits per heavy atom. The molecule has 0 radical (unpaired) electrons. The smallest absolute Gasteiger partial charge is 0.331 e. The fraction of sp³-hybridized carbons (Fsp3) is 0.818. The van der Waals surface area contributed by atoms with Crippen LogP contribution in [0.1, 0.15) is 13.8 Å². The summed E-state index contributed by atoms with van der Waals surface area (Å²) in [6, 6.07) is -0.589. The molecule has 0 N–H and O–H groups in total. The number of carbonyl (C=O) groups is 2. The summed E-state index contributed by atoms with van der Waals surface area (Å²) in [4.78, 5) is 25.1. The minimum absolute atomic E-state index is 0.0256. The molecule has 1 atom stereocenters. The molecule has 17 heavy (non-hydrogen) atoms. The van der Waals surface area contributed by atoms with Crippen LogP contribution in [0.3, 0.4) is 0 Å². The summed E-state index contributed by atoms with van der Waals surface area (Å²) in [5, 5.41) is 0.400. The molecule has 1 saturated heterocycles. The number of rotatable bonds is 4. The molecule has 0 aromatic heterocycles. The molecule has 1 aliphatic rings. The lowest BCUT2D eigenvalue weighted by Crippen LogP contribution is -2.53. The Labute approximate surface area is 106 Å². The van der Waals surface area contributed by atoms with Crippen molar-refractivity contribution in [1.29, 1.82) is 0 Å². The number of methoxy groups -OCH3 is 1. The molecule has 6 heteroatoms. The molecule has 1 amide bonds. The lowest BCUT2D eigenvalue weighted by atomic mass is 10.2. The van der Waals surface area contributed by atoms with E-state index < -0.39 is 12.0 Å². The number of esters is 1. The molecule has 1 unspecified atom stereocenters. The summed E-state index contributed by atoms with van der Waals surface area (Å²) in [6.07, 6.45) is 0. The first-order chi connectivity index (χ1) is 8.06. The van der Waals surface area contributed by atoms with Gasteiger partial charge in [0.05, 0.1) is 26.1 Å². The van der Waals surface area contributed by atoms with Crippen LogP contribution in [0.5, 0.6) is 0 Å². The molecule has 0 aromatic carbocycles. The van der Waals surface area contributed by atoms with Crippen LogP contribution in [-0.2, 0) is 19.1 Å². The summed E-state index contributed by atoms with van der Waals surface area (Å²) in [6.45, 7) is 5.23. The first-order valence-electron chi connectivity index (χ1n) is 5.63. The van der Waals surface area contributed by atoms with Crippen molar-refractivity contribution in [3.05, 3.63) is 0 Å². The lowest BCUT2D eigenvalue weighted by molar-refractivity contribution is -0.159. The fourth-order valence-corrected chi connectivity index (χ4v) is 2.20. The van der Waals surface area contributed by atoms with Gasteiger partial charge in [-0.2, -0.15) is 0 Å². The Morgan fingerprint density at radius 2 is 2.24 bits per heavy atom. The quantitative estimate of drug-likeness (QED) is 0.691. The number of hydrogen-bond acceptors (Lipinski definition) is 5. The van der Waals surface area contributed by atoms with E-state index in [-0.39, 0.29) is 12.5 Å². The first kappa shape index (κ1) is 14.3. The van der Waals surface area contributed by atoms with E-state index in [9.17, 15) is 9.59 Å². The van der Waals surface area contributed by atoms with Crippen LogP contribution in [0.2, 0.25) is 0 Å². The largest absolute Gasteiger partial charge is 0.467 e. The van der Waals surface area contributed by atoms with Crippen LogP contribution in [0, 0.1) is 0 Å². The third kappa shape index (κ3) is 4.20. The zero-order valence-corrected chi connectivity index (χ0v) is 11.3. The Bertz CT molecular complexity index is 283. The zero-order valence-electron chi connectivity index (χ0n) is 10.5. The fourth-order valence-electron chi connectivity index (χ4n) is 1.55. The second kappa shape index (κ2) is 6.86. The summed E-state index contributed by atoms with van der Waals surface area (Å²) in [5.74, 6) is -0.0412. The van der Waals surface area contributed by atoms with Crippen molar-refractivity contribution < 1.29 is 19.1 Å². The summed E-state index contributed by atoms with van der Waals surface area (Å²) >= 11 is 1.57. The molecule has 0 bridgehead atoms. The number of morpholine rings is 1. The molecule has 5 nitrogen and oxygen atoms in total. The molecule has 0 aliphatic carbocycles. The summed E-state index contributed by atoms with van der Waals surface area (Å²) < 4.78 is 9.89. The predicted molar refractivity (Wildman–Crippen MR) is 65.9 cm³/mol. The number of carbonyl (C=O) groups excluding carboxylic acids is 2. The lowest BCUT2D eigenvalue weighted by Gasteiger charge is -2.33. The van der Waals surface area contributed by atoms with Crippen LogP contribution >= 0.6 is 11.8 Å². The maximum Gasteiger partial charge on any atom is 0.331 e. The maximum absolute atomic E-state index is 12.0. The van der Waals surface area contributed by atoms with Crippen molar-refractivity contribution in [1.82, 2.24) is 4.90 Å². The van der Waals surface area contributed by atoms with E-state index in [2.05, 4.69) is 4.74 Å². The standard InChI is InChI=1S/C11H19NO4S/c1-8(2)17-7-10(13)12-4-5-16-6-9(12)11(14)15-3/h8-9H,4-7H2,1-3H3. The molecule has 1 rings (SSSR count).